The number of fused-ring (bicyclic) bond motifs is 1. The minimum Gasteiger partial charge on any atom is -0.327 e. The third-order valence-electron chi connectivity index (χ3n) is 4.37. The summed E-state index contributed by atoms with van der Waals surface area (Å²) in [4.78, 5) is 0. The molecule has 86 valence electrons. The maximum atomic E-state index is 6.42. The maximum absolute atomic E-state index is 6.42. The van der Waals surface area contributed by atoms with Gasteiger partial charge in [-0.2, -0.15) is 0 Å². The number of hydrogen-bond acceptors (Lipinski definition) is 2. The molecule has 1 heterocycles. The quantitative estimate of drug-likeness (QED) is 0.682. The van der Waals surface area contributed by atoms with Crippen LogP contribution in [-0.4, -0.2) is 18.1 Å². The van der Waals surface area contributed by atoms with Crippen LogP contribution in [0.15, 0.2) is 12.7 Å². The minimum absolute atomic E-state index is 0.379. The summed E-state index contributed by atoms with van der Waals surface area (Å²) in [5, 5.41) is 3.76. The number of nitrogens with two attached hydrogens (primary N) is 1. The lowest BCUT2D eigenvalue weighted by Crippen LogP contribution is -2.61. The van der Waals surface area contributed by atoms with E-state index in [4.69, 9.17) is 5.73 Å². The summed E-state index contributed by atoms with van der Waals surface area (Å²) in [5.41, 5.74) is 6.42. The lowest BCUT2D eigenvalue weighted by Gasteiger charge is -2.48. The van der Waals surface area contributed by atoms with Crippen molar-refractivity contribution in [3.05, 3.63) is 12.7 Å². The lowest BCUT2D eigenvalue weighted by atomic mass is 9.69. The molecule has 1 aliphatic heterocycles. The van der Waals surface area contributed by atoms with Crippen LogP contribution < -0.4 is 11.1 Å². The minimum atomic E-state index is 0.379. The lowest BCUT2D eigenvalue weighted by molar-refractivity contribution is 0.104. The molecule has 2 nitrogen and oxygen atoms in total. The van der Waals surface area contributed by atoms with Crippen LogP contribution in [0.3, 0.4) is 0 Å². The second-order valence-corrected chi connectivity index (χ2v) is 5.28. The molecule has 1 aliphatic carbocycles. The first kappa shape index (κ1) is 11.2. The van der Waals surface area contributed by atoms with E-state index in [1.54, 1.807) is 0 Å². The van der Waals surface area contributed by atoms with Crippen molar-refractivity contribution in [3.63, 3.8) is 0 Å². The fourth-order valence-electron chi connectivity index (χ4n) is 3.49. The first-order chi connectivity index (χ1) is 7.24. The standard InChI is InChI=1S/C13H24N2/c1-3-6-10-9(2)15-12-8-5-4-7-11(12)13(10)14/h3,9-13,15H,1,4-8,14H2,2H3. The van der Waals surface area contributed by atoms with Gasteiger partial charge in [-0.3, -0.25) is 0 Å². The van der Waals surface area contributed by atoms with Crippen molar-refractivity contribution >= 4 is 0 Å². The van der Waals surface area contributed by atoms with E-state index < -0.39 is 0 Å². The summed E-state index contributed by atoms with van der Waals surface area (Å²) in [7, 11) is 0. The monoisotopic (exact) mass is 208 g/mol. The van der Waals surface area contributed by atoms with Gasteiger partial charge in [0.15, 0.2) is 0 Å². The molecular formula is C13H24N2. The molecule has 0 amide bonds. The third kappa shape index (κ3) is 2.11. The van der Waals surface area contributed by atoms with E-state index in [9.17, 15) is 0 Å². The average Bonchev–Trinajstić information content (AvgIpc) is 2.24. The van der Waals surface area contributed by atoms with Crippen LogP contribution in [0.25, 0.3) is 0 Å². The Hall–Kier alpha value is -0.340. The number of nitrogens with one attached hydrogen (secondary N) is 1. The molecule has 5 unspecified atom stereocenters. The van der Waals surface area contributed by atoms with E-state index in [1.807, 2.05) is 6.08 Å². The summed E-state index contributed by atoms with van der Waals surface area (Å²) in [6.07, 6.45) is 8.46. The van der Waals surface area contributed by atoms with Gasteiger partial charge in [-0.25, -0.2) is 0 Å². The van der Waals surface area contributed by atoms with Crippen LogP contribution in [-0.2, 0) is 0 Å². The molecule has 3 N–H and O–H groups in total. The SMILES string of the molecule is C=CCC1C(C)NC2CCCCC2C1N. The van der Waals surface area contributed by atoms with E-state index in [1.165, 1.54) is 25.7 Å². The normalized spacial score (nSPS) is 45.9. The van der Waals surface area contributed by atoms with E-state index in [-0.39, 0.29) is 0 Å². The van der Waals surface area contributed by atoms with Gasteiger partial charge in [0.05, 0.1) is 0 Å². The summed E-state index contributed by atoms with van der Waals surface area (Å²) in [6, 6.07) is 1.62. The highest BCUT2D eigenvalue weighted by atomic mass is 15.0. The van der Waals surface area contributed by atoms with Crippen molar-refractivity contribution in [3.8, 4) is 0 Å². The maximum Gasteiger partial charge on any atom is 0.0128 e. The molecular weight excluding hydrogens is 184 g/mol. The molecule has 5 atom stereocenters. The summed E-state index contributed by atoms with van der Waals surface area (Å²) < 4.78 is 0. The van der Waals surface area contributed by atoms with Gasteiger partial charge in [0, 0.05) is 18.1 Å². The fraction of sp³-hybridized carbons (Fsp3) is 0.846. The van der Waals surface area contributed by atoms with Gasteiger partial charge in [0.1, 0.15) is 0 Å². The fourth-order valence-corrected chi connectivity index (χ4v) is 3.49. The van der Waals surface area contributed by atoms with Crippen LogP contribution in [0.4, 0.5) is 0 Å². The molecule has 1 saturated carbocycles. The predicted molar refractivity (Wildman–Crippen MR) is 64.6 cm³/mol. The topological polar surface area (TPSA) is 38.0 Å². The third-order valence-corrected chi connectivity index (χ3v) is 4.37. The van der Waals surface area contributed by atoms with Crippen molar-refractivity contribution in [1.82, 2.24) is 5.32 Å². The summed E-state index contributed by atoms with van der Waals surface area (Å²) >= 11 is 0. The molecule has 0 bridgehead atoms. The predicted octanol–water partition coefficient (Wildman–Crippen LogP) is 2.06. The van der Waals surface area contributed by atoms with Crippen LogP contribution >= 0.6 is 0 Å². The number of hydrogen-bond donors (Lipinski definition) is 2. The molecule has 2 heteroatoms. The zero-order valence-corrected chi connectivity index (χ0v) is 9.78. The smallest absolute Gasteiger partial charge is 0.0128 e. The van der Waals surface area contributed by atoms with Crippen molar-refractivity contribution < 1.29 is 0 Å². The number of allylic oxidation sites excluding steroid dienone is 1. The first-order valence-corrected chi connectivity index (χ1v) is 6.36. The van der Waals surface area contributed by atoms with Crippen LogP contribution in [0.2, 0.25) is 0 Å². The Bertz CT molecular complexity index is 227. The first-order valence-electron chi connectivity index (χ1n) is 6.36. The van der Waals surface area contributed by atoms with Crippen LogP contribution in [0.5, 0.6) is 0 Å². The van der Waals surface area contributed by atoms with E-state index in [2.05, 4.69) is 18.8 Å². The Balaban J connectivity index is 2.07. The Morgan fingerprint density at radius 1 is 1.40 bits per heavy atom. The molecule has 2 fully saturated rings. The van der Waals surface area contributed by atoms with Crippen LogP contribution in [0, 0.1) is 11.8 Å². The van der Waals surface area contributed by atoms with Crippen molar-refractivity contribution in [2.45, 2.75) is 57.2 Å². The highest BCUT2D eigenvalue weighted by molar-refractivity contribution is 5.01. The van der Waals surface area contributed by atoms with E-state index in [0.29, 0.717) is 30.0 Å². The highest BCUT2D eigenvalue weighted by Gasteiger charge is 2.40. The second kappa shape index (κ2) is 4.67. The second-order valence-electron chi connectivity index (χ2n) is 5.28. The van der Waals surface area contributed by atoms with Gasteiger partial charge in [0.25, 0.3) is 0 Å². The Labute approximate surface area is 93.3 Å². The number of rotatable bonds is 2. The molecule has 0 aromatic rings. The van der Waals surface area contributed by atoms with Crippen molar-refractivity contribution in [1.29, 1.82) is 0 Å². The molecule has 0 aromatic carbocycles. The Morgan fingerprint density at radius 3 is 2.87 bits per heavy atom. The Kier molecular flexibility index (Phi) is 3.47. The highest BCUT2D eigenvalue weighted by Crippen LogP contribution is 2.35. The average molecular weight is 208 g/mol. The molecule has 0 radical (unpaired) electrons. The van der Waals surface area contributed by atoms with Gasteiger partial charge in [0.2, 0.25) is 0 Å². The molecule has 2 rings (SSSR count). The van der Waals surface area contributed by atoms with E-state index in [0.717, 1.165) is 6.42 Å². The molecule has 0 aromatic heterocycles. The zero-order valence-electron chi connectivity index (χ0n) is 9.78. The number of piperidine rings is 1. The van der Waals surface area contributed by atoms with Crippen molar-refractivity contribution in [2.75, 3.05) is 0 Å². The molecule has 2 aliphatic rings. The summed E-state index contributed by atoms with van der Waals surface area (Å²) in [6.45, 7) is 6.12. The van der Waals surface area contributed by atoms with Crippen molar-refractivity contribution in [2.24, 2.45) is 17.6 Å². The van der Waals surface area contributed by atoms with Gasteiger partial charge < -0.3 is 11.1 Å². The van der Waals surface area contributed by atoms with Crippen LogP contribution in [0.1, 0.15) is 39.0 Å². The molecule has 15 heavy (non-hydrogen) atoms. The summed E-state index contributed by atoms with van der Waals surface area (Å²) in [5.74, 6) is 1.29. The Morgan fingerprint density at radius 2 is 2.13 bits per heavy atom. The largest absolute Gasteiger partial charge is 0.327 e. The van der Waals surface area contributed by atoms with Gasteiger partial charge in [-0.15, -0.1) is 6.58 Å². The van der Waals surface area contributed by atoms with Gasteiger partial charge in [-0.05, 0) is 38.0 Å². The molecule has 0 spiro atoms. The van der Waals surface area contributed by atoms with Gasteiger partial charge in [-0.1, -0.05) is 18.9 Å². The van der Waals surface area contributed by atoms with Gasteiger partial charge >= 0.3 is 0 Å². The molecule has 1 saturated heterocycles. The zero-order chi connectivity index (χ0) is 10.8. The van der Waals surface area contributed by atoms with E-state index >= 15 is 0 Å².